The second-order valence-electron chi connectivity index (χ2n) is 3.06. The zero-order chi connectivity index (χ0) is 9.90. The summed E-state index contributed by atoms with van der Waals surface area (Å²) in [5.41, 5.74) is 0.917. The zero-order valence-corrected chi connectivity index (χ0v) is 8.16. The van der Waals surface area contributed by atoms with Crippen molar-refractivity contribution in [3.8, 4) is 0 Å². The molecule has 72 valence electrons. The van der Waals surface area contributed by atoms with E-state index in [1.165, 1.54) is 0 Å². The van der Waals surface area contributed by atoms with Gasteiger partial charge in [-0.25, -0.2) is 0 Å². The van der Waals surface area contributed by atoms with Crippen LogP contribution in [0.2, 0.25) is 0 Å². The van der Waals surface area contributed by atoms with Crippen LogP contribution in [0, 0.1) is 0 Å². The summed E-state index contributed by atoms with van der Waals surface area (Å²) in [6.07, 6.45) is 0. The Morgan fingerprint density at radius 1 is 1.31 bits per heavy atom. The first-order chi connectivity index (χ1) is 5.99. The van der Waals surface area contributed by atoms with Gasteiger partial charge in [0.05, 0.1) is 5.75 Å². The fourth-order valence-corrected chi connectivity index (χ4v) is 2.02. The van der Waals surface area contributed by atoms with E-state index in [0.29, 0.717) is 0 Å². The Labute approximate surface area is 78.2 Å². The van der Waals surface area contributed by atoms with Crippen molar-refractivity contribution >= 4 is 10.1 Å². The highest BCUT2D eigenvalue weighted by molar-refractivity contribution is 7.85. The maximum Gasteiger partial charge on any atom is 0.265 e. The second kappa shape index (κ2) is 3.89. The first kappa shape index (κ1) is 10.2. The molecular weight excluding hydrogens is 188 g/mol. The van der Waals surface area contributed by atoms with E-state index in [-0.39, 0.29) is 11.7 Å². The van der Waals surface area contributed by atoms with Gasteiger partial charge in [-0.05, 0) is 11.5 Å². The largest absolute Gasteiger partial charge is 0.286 e. The van der Waals surface area contributed by atoms with Gasteiger partial charge in [0, 0.05) is 0 Å². The van der Waals surface area contributed by atoms with Crippen molar-refractivity contribution in [2.24, 2.45) is 0 Å². The van der Waals surface area contributed by atoms with E-state index in [1.54, 1.807) is 6.92 Å². The van der Waals surface area contributed by atoms with Gasteiger partial charge in [-0.15, -0.1) is 0 Å². The van der Waals surface area contributed by atoms with Gasteiger partial charge in [0.25, 0.3) is 10.1 Å². The summed E-state index contributed by atoms with van der Waals surface area (Å²) in [5, 5.41) is 0. The van der Waals surface area contributed by atoms with Gasteiger partial charge in [-0.3, -0.25) is 4.55 Å². The molecule has 0 amide bonds. The van der Waals surface area contributed by atoms with E-state index < -0.39 is 10.1 Å². The SMILES string of the molecule is C[C@H](CS(=O)(=O)O)c1ccccc1. The normalized spacial score (nSPS) is 14.0. The minimum absolute atomic E-state index is 0.170. The number of hydrogen-bond acceptors (Lipinski definition) is 2. The molecule has 3 nitrogen and oxygen atoms in total. The lowest BCUT2D eigenvalue weighted by Gasteiger charge is -2.08. The first-order valence-electron chi connectivity index (χ1n) is 3.99. The van der Waals surface area contributed by atoms with E-state index in [0.717, 1.165) is 5.56 Å². The Morgan fingerprint density at radius 3 is 2.31 bits per heavy atom. The van der Waals surface area contributed by atoms with Crippen LogP contribution in [0.5, 0.6) is 0 Å². The van der Waals surface area contributed by atoms with Gasteiger partial charge in [-0.2, -0.15) is 8.42 Å². The number of benzene rings is 1. The van der Waals surface area contributed by atoms with E-state index in [1.807, 2.05) is 30.3 Å². The molecule has 0 aliphatic carbocycles. The lowest BCUT2D eigenvalue weighted by atomic mass is 10.0. The second-order valence-corrected chi connectivity index (χ2v) is 4.56. The molecule has 0 heterocycles. The first-order valence-corrected chi connectivity index (χ1v) is 5.60. The number of rotatable bonds is 3. The monoisotopic (exact) mass is 200 g/mol. The fraction of sp³-hybridized carbons (Fsp3) is 0.333. The Morgan fingerprint density at radius 2 is 1.85 bits per heavy atom. The van der Waals surface area contributed by atoms with Gasteiger partial charge in [0.15, 0.2) is 0 Å². The summed E-state index contributed by atoms with van der Waals surface area (Å²) >= 11 is 0. The zero-order valence-electron chi connectivity index (χ0n) is 7.34. The molecule has 1 aromatic rings. The smallest absolute Gasteiger partial charge is 0.265 e. The van der Waals surface area contributed by atoms with Crippen molar-refractivity contribution in [3.05, 3.63) is 35.9 Å². The number of hydrogen-bond donors (Lipinski definition) is 1. The van der Waals surface area contributed by atoms with Gasteiger partial charge >= 0.3 is 0 Å². The van der Waals surface area contributed by atoms with E-state index in [4.69, 9.17) is 4.55 Å². The molecule has 4 heteroatoms. The molecule has 0 aliphatic rings. The maximum absolute atomic E-state index is 10.6. The topological polar surface area (TPSA) is 54.4 Å². The molecule has 1 atom stereocenters. The van der Waals surface area contributed by atoms with Crippen LogP contribution in [-0.2, 0) is 10.1 Å². The van der Waals surface area contributed by atoms with Crippen molar-refractivity contribution < 1.29 is 13.0 Å². The highest BCUT2D eigenvalue weighted by Crippen LogP contribution is 2.15. The summed E-state index contributed by atoms with van der Waals surface area (Å²) < 4.78 is 29.8. The summed E-state index contributed by atoms with van der Waals surface area (Å²) in [6.45, 7) is 1.77. The van der Waals surface area contributed by atoms with Crippen LogP contribution in [0.15, 0.2) is 30.3 Å². The van der Waals surface area contributed by atoms with E-state index >= 15 is 0 Å². The minimum Gasteiger partial charge on any atom is -0.286 e. The molecule has 0 saturated heterocycles. The highest BCUT2D eigenvalue weighted by Gasteiger charge is 2.13. The van der Waals surface area contributed by atoms with Gasteiger partial charge < -0.3 is 0 Å². The molecule has 0 fully saturated rings. The third kappa shape index (κ3) is 3.57. The predicted octanol–water partition coefficient (Wildman–Crippen LogP) is 1.68. The predicted molar refractivity (Wildman–Crippen MR) is 51.3 cm³/mol. The summed E-state index contributed by atoms with van der Waals surface area (Å²) in [5.74, 6) is -0.395. The molecule has 1 N–H and O–H groups in total. The van der Waals surface area contributed by atoms with Gasteiger partial charge in [-0.1, -0.05) is 37.3 Å². The van der Waals surface area contributed by atoms with E-state index in [9.17, 15) is 8.42 Å². The lowest BCUT2D eigenvalue weighted by molar-refractivity contribution is 0.479. The van der Waals surface area contributed by atoms with Crippen LogP contribution in [0.25, 0.3) is 0 Å². The van der Waals surface area contributed by atoms with Crippen molar-refractivity contribution in [2.45, 2.75) is 12.8 Å². The molecule has 0 aliphatic heterocycles. The third-order valence-electron chi connectivity index (χ3n) is 1.83. The molecule has 0 unspecified atom stereocenters. The Bertz CT molecular complexity index is 356. The summed E-state index contributed by atoms with van der Waals surface area (Å²) in [4.78, 5) is 0. The maximum atomic E-state index is 10.6. The Hall–Kier alpha value is -0.870. The molecule has 1 rings (SSSR count). The van der Waals surface area contributed by atoms with Gasteiger partial charge in [0.1, 0.15) is 0 Å². The van der Waals surface area contributed by atoms with Crippen LogP contribution in [0.1, 0.15) is 18.4 Å². The average molecular weight is 200 g/mol. The third-order valence-corrected chi connectivity index (χ3v) is 2.75. The minimum atomic E-state index is -3.87. The van der Waals surface area contributed by atoms with Crippen LogP contribution in [-0.4, -0.2) is 18.7 Å². The Balaban J connectivity index is 2.76. The van der Waals surface area contributed by atoms with Crippen LogP contribution < -0.4 is 0 Å². The van der Waals surface area contributed by atoms with Gasteiger partial charge in [0.2, 0.25) is 0 Å². The van der Waals surface area contributed by atoms with Crippen molar-refractivity contribution in [1.29, 1.82) is 0 Å². The fourth-order valence-electron chi connectivity index (χ4n) is 1.19. The molecule has 13 heavy (non-hydrogen) atoms. The molecule has 0 aromatic heterocycles. The van der Waals surface area contributed by atoms with Crippen molar-refractivity contribution in [3.63, 3.8) is 0 Å². The van der Waals surface area contributed by atoms with Crippen LogP contribution >= 0.6 is 0 Å². The Kier molecular flexibility index (Phi) is 3.06. The van der Waals surface area contributed by atoms with Crippen LogP contribution in [0.3, 0.4) is 0 Å². The summed E-state index contributed by atoms with van der Waals surface area (Å²) in [7, 11) is -3.87. The average Bonchev–Trinajstić information content (AvgIpc) is 2.03. The summed E-state index contributed by atoms with van der Waals surface area (Å²) in [6, 6.07) is 9.24. The van der Waals surface area contributed by atoms with Crippen molar-refractivity contribution in [2.75, 3.05) is 5.75 Å². The highest BCUT2D eigenvalue weighted by atomic mass is 32.2. The van der Waals surface area contributed by atoms with Crippen LogP contribution in [0.4, 0.5) is 0 Å². The van der Waals surface area contributed by atoms with E-state index in [2.05, 4.69) is 0 Å². The lowest BCUT2D eigenvalue weighted by Crippen LogP contribution is -2.10. The molecule has 1 aromatic carbocycles. The molecule has 0 bridgehead atoms. The molecule has 0 spiro atoms. The van der Waals surface area contributed by atoms with Crippen molar-refractivity contribution in [1.82, 2.24) is 0 Å². The molecular formula is C9H12O3S. The standard InChI is InChI=1S/C9H12O3S/c1-8(7-13(10,11)12)9-5-3-2-4-6-9/h2-6,8H,7H2,1H3,(H,10,11,12)/t8-/m1/s1. The molecule has 0 radical (unpaired) electrons. The quantitative estimate of drug-likeness (QED) is 0.755. The molecule has 0 saturated carbocycles.